The topological polar surface area (TPSA) is 0 Å². The molecule has 0 saturated heterocycles. The molecule has 0 amide bonds. The molecular formula is C25H33ClTi. The molecule has 0 fully saturated rings. The Bertz CT molecular complexity index is 578. The Kier molecular flexibility index (Phi) is 11.3. The van der Waals surface area contributed by atoms with Gasteiger partial charge < -0.3 is 0 Å². The second-order valence-corrected chi connectivity index (χ2v) is 8.02. The van der Waals surface area contributed by atoms with E-state index in [0.717, 1.165) is 5.02 Å². The van der Waals surface area contributed by atoms with Crippen molar-refractivity contribution in [1.29, 1.82) is 0 Å². The van der Waals surface area contributed by atoms with E-state index in [4.69, 9.17) is 11.6 Å². The van der Waals surface area contributed by atoms with Crippen molar-refractivity contribution in [2.75, 3.05) is 0 Å². The van der Waals surface area contributed by atoms with Gasteiger partial charge in [-0.15, -0.1) is 0 Å². The van der Waals surface area contributed by atoms with Gasteiger partial charge in [-0.25, -0.2) is 0 Å². The molecular weight excluding hydrogens is 384 g/mol. The van der Waals surface area contributed by atoms with Crippen LogP contribution in [0.4, 0.5) is 0 Å². The van der Waals surface area contributed by atoms with Crippen LogP contribution in [0.25, 0.3) is 0 Å². The van der Waals surface area contributed by atoms with Crippen molar-refractivity contribution in [1.82, 2.24) is 0 Å². The van der Waals surface area contributed by atoms with Crippen molar-refractivity contribution in [3.8, 4) is 0 Å². The fourth-order valence-corrected chi connectivity index (χ4v) is 4.03. The molecule has 0 bridgehead atoms. The third-order valence-electron chi connectivity index (χ3n) is 5.32. The number of hydrogen-bond acceptors (Lipinski definition) is 0. The van der Waals surface area contributed by atoms with Crippen LogP contribution < -0.4 is 0 Å². The molecule has 0 spiro atoms. The number of rotatable bonds is 8. The molecule has 2 heteroatoms. The van der Waals surface area contributed by atoms with Gasteiger partial charge in [0.2, 0.25) is 0 Å². The minimum atomic E-state index is 0. The van der Waals surface area contributed by atoms with Crippen LogP contribution in [0.2, 0.25) is 5.02 Å². The van der Waals surface area contributed by atoms with Crippen molar-refractivity contribution in [3.05, 3.63) is 84.0 Å². The zero-order chi connectivity index (χ0) is 18.7. The minimum absolute atomic E-state index is 0. The summed E-state index contributed by atoms with van der Waals surface area (Å²) in [6.07, 6.45) is 27.8. The van der Waals surface area contributed by atoms with Crippen LogP contribution in [-0.2, 0) is 21.7 Å². The first kappa shape index (κ1) is 24.2. The number of benzene rings is 1. The van der Waals surface area contributed by atoms with Crippen molar-refractivity contribution in [3.63, 3.8) is 0 Å². The van der Waals surface area contributed by atoms with Gasteiger partial charge in [0, 0.05) is 37.6 Å². The van der Waals surface area contributed by atoms with Crippen LogP contribution in [-0.4, -0.2) is 0 Å². The van der Waals surface area contributed by atoms with Gasteiger partial charge in [0.15, 0.2) is 0 Å². The molecule has 1 aromatic carbocycles. The van der Waals surface area contributed by atoms with Gasteiger partial charge >= 0.3 is 0 Å². The van der Waals surface area contributed by atoms with E-state index in [1.165, 1.54) is 44.9 Å². The quantitative estimate of drug-likeness (QED) is 0.374. The third-order valence-corrected chi connectivity index (χ3v) is 5.57. The average Bonchev–Trinajstić information content (AvgIpc) is 3.30. The molecule has 0 heterocycles. The Balaban J connectivity index is 0.000000385. The maximum atomic E-state index is 5.54. The number of allylic oxidation sites excluding steroid dienone is 8. The molecule has 0 nitrogen and oxygen atoms in total. The number of halogens is 1. The van der Waals surface area contributed by atoms with Crippen LogP contribution >= 0.6 is 11.6 Å². The number of hydrogen-bond donors (Lipinski definition) is 0. The fraction of sp³-hybridized carbons (Fsp3) is 0.440. The maximum absolute atomic E-state index is 5.54. The molecule has 0 unspecified atom stereocenters. The summed E-state index contributed by atoms with van der Waals surface area (Å²) in [4.78, 5) is 0. The van der Waals surface area contributed by atoms with E-state index < -0.39 is 0 Å². The van der Waals surface area contributed by atoms with Crippen LogP contribution in [0.5, 0.6) is 0 Å². The molecule has 27 heavy (non-hydrogen) atoms. The molecule has 2 aliphatic rings. The van der Waals surface area contributed by atoms with Crippen LogP contribution in [0, 0.1) is 10.8 Å². The molecule has 0 atom stereocenters. The summed E-state index contributed by atoms with van der Waals surface area (Å²) in [6.45, 7) is 4.58. The van der Waals surface area contributed by atoms with E-state index in [1.807, 2.05) is 30.3 Å². The van der Waals surface area contributed by atoms with Gasteiger partial charge in [-0.05, 0) is 31.4 Å². The van der Waals surface area contributed by atoms with E-state index in [1.54, 1.807) is 0 Å². The van der Waals surface area contributed by atoms with Gasteiger partial charge in [0.25, 0.3) is 0 Å². The first-order valence-electron chi connectivity index (χ1n) is 10.1. The fourth-order valence-electron chi connectivity index (χ4n) is 3.88. The predicted molar refractivity (Wildman–Crippen MR) is 117 cm³/mol. The Hall–Kier alpha value is -0.816. The van der Waals surface area contributed by atoms with Gasteiger partial charge in [-0.1, -0.05) is 118 Å². The summed E-state index contributed by atoms with van der Waals surface area (Å²) in [7, 11) is 0. The second kappa shape index (κ2) is 12.6. The van der Waals surface area contributed by atoms with Crippen molar-refractivity contribution < 1.29 is 21.7 Å². The first-order valence-corrected chi connectivity index (χ1v) is 10.5. The van der Waals surface area contributed by atoms with Crippen LogP contribution in [0.1, 0.15) is 58.8 Å². The summed E-state index contributed by atoms with van der Waals surface area (Å²) in [5, 5.41) is 0.794. The van der Waals surface area contributed by atoms with E-state index in [2.05, 4.69) is 62.5 Å². The molecule has 0 radical (unpaired) electrons. The maximum Gasteiger partial charge on any atom is 0.0405 e. The molecule has 1 aromatic rings. The summed E-state index contributed by atoms with van der Waals surface area (Å²) < 4.78 is 0. The van der Waals surface area contributed by atoms with Crippen LogP contribution in [0.15, 0.2) is 78.9 Å². The van der Waals surface area contributed by atoms with Crippen molar-refractivity contribution in [2.24, 2.45) is 10.8 Å². The van der Waals surface area contributed by atoms with E-state index in [-0.39, 0.29) is 21.7 Å². The summed E-state index contributed by atoms with van der Waals surface area (Å²) in [5.41, 5.74) is 0.617. The number of unbranched alkanes of at least 4 members (excludes halogenated alkanes) is 2. The van der Waals surface area contributed by atoms with Gasteiger partial charge in [0.1, 0.15) is 0 Å². The average molecular weight is 417 g/mol. The molecule has 0 N–H and O–H groups in total. The van der Waals surface area contributed by atoms with Crippen molar-refractivity contribution in [2.45, 2.75) is 58.8 Å². The molecule has 0 aromatic heterocycles. The van der Waals surface area contributed by atoms with E-state index in [9.17, 15) is 0 Å². The minimum Gasteiger partial charge on any atom is -0.0843 e. The smallest absolute Gasteiger partial charge is 0.0405 e. The molecule has 2 aliphatic carbocycles. The van der Waals surface area contributed by atoms with E-state index >= 15 is 0 Å². The molecule has 0 saturated carbocycles. The monoisotopic (exact) mass is 416 g/mol. The van der Waals surface area contributed by atoms with Gasteiger partial charge in [-0.2, -0.15) is 0 Å². The van der Waals surface area contributed by atoms with E-state index in [0.29, 0.717) is 10.8 Å². The Morgan fingerprint density at radius 1 is 0.704 bits per heavy atom. The first-order chi connectivity index (χ1) is 12.6. The molecule has 3 rings (SSSR count). The summed E-state index contributed by atoms with van der Waals surface area (Å²) in [5.74, 6) is 0. The second-order valence-electron chi connectivity index (χ2n) is 7.58. The Morgan fingerprint density at radius 3 is 1.41 bits per heavy atom. The van der Waals surface area contributed by atoms with Gasteiger partial charge in [-0.3, -0.25) is 0 Å². The van der Waals surface area contributed by atoms with Crippen LogP contribution in [0.3, 0.4) is 0 Å². The zero-order valence-corrected chi connectivity index (χ0v) is 19.2. The zero-order valence-electron chi connectivity index (χ0n) is 16.8. The third kappa shape index (κ3) is 7.98. The SMILES string of the molecule is CCCCC1(CC2(CCCC)C=CC=C2)C=CC=C1.Clc1ccccc1.[Ti]. The molecule has 144 valence electrons. The van der Waals surface area contributed by atoms with Gasteiger partial charge in [0.05, 0.1) is 0 Å². The molecule has 0 aliphatic heterocycles. The normalized spacial score (nSPS) is 17.4. The largest absolute Gasteiger partial charge is 0.0843 e. The summed E-state index contributed by atoms with van der Waals surface area (Å²) >= 11 is 5.54. The summed E-state index contributed by atoms with van der Waals surface area (Å²) in [6, 6.07) is 9.44. The Morgan fingerprint density at radius 2 is 1.11 bits per heavy atom. The Labute approximate surface area is 186 Å². The predicted octanol–water partition coefficient (Wildman–Crippen LogP) is 8.32. The van der Waals surface area contributed by atoms with Crippen molar-refractivity contribution >= 4 is 11.6 Å². The standard InChI is InChI=1S/C19H28.C6H5Cl.Ti/c1-3-5-11-18(13-7-8-14-18)17-19(12-6-4-2)15-9-10-16-19;7-6-4-2-1-3-5-6;/h7-10,13-16H,3-6,11-12,17H2,1-2H3;1-5H;.